The van der Waals surface area contributed by atoms with E-state index in [1.807, 2.05) is 0 Å². The molecule has 1 amide bonds. The molecule has 0 radical (unpaired) electrons. The van der Waals surface area contributed by atoms with E-state index < -0.39 is 10.0 Å². The summed E-state index contributed by atoms with van der Waals surface area (Å²) in [4.78, 5) is 12.4. The van der Waals surface area contributed by atoms with Crippen LogP contribution >= 0.6 is 11.3 Å². The van der Waals surface area contributed by atoms with Crippen molar-refractivity contribution >= 4 is 27.3 Å². The number of rotatable bonds is 7. The largest absolute Gasteiger partial charge is 0.479 e. The Bertz CT molecular complexity index is 877. The number of aromatic nitrogens is 2. The number of thiophene rings is 1. The summed E-state index contributed by atoms with van der Waals surface area (Å²) in [6.07, 6.45) is 4.82. The van der Waals surface area contributed by atoms with E-state index in [0.717, 1.165) is 19.3 Å². The van der Waals surface area contributed by atoms with Crippen molar-refractivity contribution in [2.45, 2.75) is 35.9 Å². The second-order valence-electron chi connectivity index (χ2n) is 6.47. The van der Waals surface area contributed by atoms with E-state index >= 15 is 0 Å². The number of aryl methyl sites for hydroxylation is 1. The van der Waals surface area contributed by atoms with Gasteiger partial charge in [-0.3, -0.25) is 9.48 Å². The van der Waals surface area contributed by atoms with Crippen LogP contribution in [0.3, 0.4) is 0 Å². The Kier molecular flexibility index (Phi) is 6.18. The van der Waals surface area contributed by atoms with E-state index in [9.17, 15) is 13.2 Å². The maximum atomic E-state index is 12.9. The van der Waals surface area contributed by atoms with Crippen molar-refractivity contribution in [1.29, 1.82) is 0 Å². The summed E-state index contributed by atoms with van der Waals surface area (Å²) in [5.74, 6) is -0.00186. The summed E-state index contributed by atoms with van der Waals surface area (Å²) < 4.78 is 34.4. The number of nitrogens with one attached hydrogen (secondary N) is 1. The van der Waals surface area contributed by atoms with Gasteiger partial charge in [-0.15, -0.1) is 16.4 Å². The molecule has 1 saturated heterocycles. The zero-order chi connectivity index (χ0) is 19.4. The van der Waals surface area contributed by atoms with Gasteiger partial charge in [-0.25, -0.2) is 8.42 Å². The maximum absolute atomic E-state index is 12.9. The van der Waals surface area contributed by atoms with Crippen molar-refractivity contribution < 1.29 is 17.9 Å². The monoisotopic (exact) mass is 412 g/mol. The lowest BCUT2D eigenvalue weighted by atomic mass is 10.0. The first-order chi connectivity index (χ1) is 12.9. The first-order valence-corrected chi connectivity index (χ1v) is 11.2. The molecular weight excluding hydrogens is 388 g/mol. The first kappa shape index (κ1) is 19.8. The van der Waals surface area contributed by atoms with Crippen LogP contribution in [-0.4, -0.2) is 54.7 Å². The predicted octanol–water partition coefficient (Wildman–Crippen LogP) is 1.85. The van der Waals surface area contributed by atoms with Crippen LogP contribution in [0.1, 0.15) is 36.0 Å². The molecule has 10 heteroatoms. The normalized spacial score (nSPS) is 18.4. The lowest BCUT2D eigenvalue weighted by molar-refractivity contribution is 0.0946. The number of ether oxygens (including phenoxy) is 1. The summed E-state index contributed by atoms with van der Waals surface area (Å²) >= 11 is 1.24. The van der Waals surface area contributed by atoms with Gasteiger partial charge in [0.2, 0.25) is 5.88 Å². The lowest BCUT2D eigenvalue weighted by Crippen LogP contribution is -2.44. The predicted molar refractivity (Wildman–Crippen MR) is 103 cm³/mol. The van der Waals surface area contributed by atoms with E-state index in [0.29, 0.717) is 29.3 Å². The summed E-state index contributed by atoms with van der Waals surface area (Å²) in [5.41, 5.74) is 0.367. The lowest BCUT2D eigenvalue weighted by Gasteiger charge is -2.34. The van der Waals surface area contributed by atoms with Gasteiger partial charge in [0.25, 0.3) is 15.9 Å². The second kappa shape index (κ2) is 8.41. The summed E-state index contributed by atoms with van der Waals surface area (Å²) in [5, 5.41) is 8.69. The molecule has 0 unspecified atom stereocenters. The van der Waals surface area contributed by atoms with E-state index in [1.54, 1.807) is 35.1 Å². The summed E-state index contributed by atoms with van der Waals surface area (Å²) in [7, 11) is -0.289. The van der Waals surface area contributed by atoms with Gasteiger partial charge < -0.3 is 10.1 Å². The van der Waals surface area contributed by atoms with E-state index in [1.165, 1.54) is 23.1 Å². The van der Waals surface area contributed by atoms with E-state index in [2.05, 4.69) is 10.4 Å². The van der Waals surface area contributed by atoms with Crippen LogP contribution in [0.4, 0.5) is 0 Å². The third-order valence-corrected chi connectivity index (χ3v) is 7.95. The highest BCUT2D eigenvalue weighted by Crippen LogP contribution is 2.29. The van der Waals surface area contributed by atoms with Crippen molar-refractivity contribution in [2.24, 2.45) is 7.05 Å². The average molecular weight is 413 g/mol. The highest BCUT2D eigenvalue weighted by molar-refractivity contribution is 7.91. The van der Waals surface area contributed by atoms with Gasteiger partial charge in [-0.05, 0) is 30.7 Å². The highest BCUT2D eigenvalue weighted by atomic mass is 32.2. The van der Waals surface area contributed by atoms with Gasteiger partial charge in [0, 0.05) is 32.4 Å². The minimum absolute atomic E-state index is 0.109. The molecule has 1 fully saturated rings. The van der Waals surface area contributed by atoms with Crippen LogP contribution in [-0.2, 0) is 17.1 Å². The zero-order valence-corrected chi connectivity index (χ0v) is 17.1. The van der Waals surface area contributed by atoms with E-state index in [-0.39, 0.29) is 17.8 Å². The van der Waals surface area contributed by atoms with Gasteiger partial charge in [-0.2, -0.15) is 4.31 Å². The first-order valence-electron chi connectivity index (χ1n) is 8.84. The number of sulfonamides is 1. The summed E-state index contributed by atoms with van der Waals surface area (Å²) in [6.45, 7) is 0.910. The molecule has 0 aliphatic carbocycles. The van der Waals surface area contributed by atoms with Crippen molar-refractivity contribution in [3.05, 3.63) is 29.3 Å². The molecule has 3 heterocycles. The standard InChI is InChI=1S/C17H24N4O4S2/c1-20-12-14(17(19-20)25-2)16(22)18-9-8-13-6-3-4-10-21(13)27(23,24)15-7-5-11-26-15/h5,7,11-13H,3-4,6,8-10H2,1-2H3,(H,18,22)/t13-/m0/s1. The average Bonchev–Trinajstić information content (AvgIpc) is 3.31. The Morgan fingerprint density at radius 1 is 1.44 bits per heavy atom. The van der Waals surface area contributed by atoms with Crippen LogP contribution < -0.4 is 10.1 Å². The number of amides is 1. The number of methoxy groups -OCH3 is 1. The highest BCUT2D eigenvalue weighted by Gasteiger charge is 2.33. The number of piperidine rings is 1. The third kappa shape index (κ3) is 4.33. The van der Waals surface area contributed by atoms with Crippen LogP contribution in [0.15, 0.2) is 27.9 Å². The van der Waals surface area contributed by atoms with Gasteiger partial charge >= 0.3 is 0 Å². The van der Waals surface area contributed by atoms with Gasteiger partial charge in [0.1, 0.15) is 9.77 Å². The Balaban J connectivity index is 1.63. The Labute approximate surface area is 163 Å². The van der Waals surface area contributed by atoms with Crippen LogP contribution in [0.2, 0.25) is 0 Å². The molecule has 0 spiro atoms. The SMILES string of the molecule is COc1nn(C)cc1C(=O)NCC[C@@H]1CCCCN1S(=O)(=O)c1cccs1. The molecule has 3 rings (SSSR count). The Morgan fingerprint density at radius 3 is 2.96 bits per heavy atom. The minimum Gasteiger partial charge on any atom is -0.479 e. The second-order valence-corrected chi connectivity index (χ2v) is 9.53. The van der Waals surface area contributed by atoms with Gasteiger partial charge in [0.05, 0.1) is 7.11 Å². The molecule has 8 nitrogen and oxygen atoms in total. The number of hydrogen-bond acceptors (Lipinski definition) is 6. The van der Waals surface area contributed by atoms with Crippen molar-refractivity contribution in [1.82, 2.24) is 19.4 Å². The molecule has 1 atom stereocenters. The topological polar surface area (TPSA) is 93.5 Å². The molecule has 1 aliphatic heterocycles. The fraction of sp³-hybridized carbons (Fsp3) is 0.529. The number of carbonyl (C=O) groups is 1. The maximum Gasteiger partial charge on any atom is 0.258 e. The van der Waals surface area contributed by atoms with E-state index in [4.69, 9.17) is 4.74 Å². The number of carbonyl (C=O) groups excluding carboxylic acids is 1. The fourth-order valence-corrected chi connectivity index (χ4v) is 6.17. The Hall–Kier alpha value is -1.91. The van der Waals surface area contributed by atoms with Crippen LogP contribution in [0, 0.1) is 0 Å². The Morgan fingerprint density at radius 2 is 2.26 bits per heavy atom. The minimum atomic E-state index is -3.47. The summed E-state index contributed by atoms with van der Waals surface area (Å²) in [6, 6.07) is 3.28. The van der Waals surface area contributed by atoms with Crippen molar-refractivity contribution in [2.75, 3.05) is 20.2 Å². The molecule has 2 aromatic rings. The quantitative estimate of drug-likeness (QED) is 0.749. The molecular formula is C17H24N4O4S2. The molecule has 2 aromatic heterocycles. The number of nitrogens with zero attached hydrogens (tertiary/aromatic N) is 3. The van der Waals surface area contributed by atoms with Crippen LogP contribution in [0.25, 0.3) is 0 Å². The molecule has 1 aliphatic rings. The molecule has 1 N–H and O–H groups in total. The molecule has 148 valence electrons. The molecule has 0 bridgehead atoms. The van der Waals surface area contributed by atoms with Crippen LogP contribution in [0.5, 0.6) is 5.88 Å². The molecule has 0 saturated carbocycles. The zero-order valence-electron chi connectivity index (χ0n) is 15.4. The van der Waals surface area contributed by atoms with Crippen molar-refractivity contribution in [3.63, 3.8) is 0 Å². The van der Waals surface area contributed by atoms with Gasteiger partial charge in [0.15, 0.2) is 0 Å². The van der Waals surface area contributed by atoms with Gasteiger partial charge in [-0.1, -0.05) is 12.5 Å². The van der Waals surface area contributed by atoms with Crippen molar-refractivity contribution in [3.8, 4) is 5.88 Å². The smallest absolute Gasteiger partial charge is 0.258 e. The third-order valence-electron chi connectivity index (χ3n) is 4.63. The number of hydrogen-bond donors (Lipinski definition) is 1. The molecule has 0 aromatic carbocycles. The fourth-order valence-electron chi connectivity index (χ4n) is 3.33. The molecule has 27 heavy (non-hydrogen) atoms.